The van der Waals surface area contributed by atoms with E-state index in [9.17, 15) is 17.6 Å². The molecular weight excluding hydrogens is 226 g/mol. The van der Waals surface area contributed by atoms with Crippen LogP contribution in [0.2, 0.25) is 0 Å². The van der Waals surface area contributed by atoms with Gasteiger partial charge in [-0.3, -0.25) is 0 Å². The van der Waals surface area contributed by atoms with E-state index in [1.165, 1.54) is 18.2 Å². The lowest BCUT2D eigenvalue weighted by atomic mass is 10.1. The molecule has 0 aliphatic carbocycles. The number of alkyl halides is 3. The van der Waals surface area contributed by atoms with Crippen molar-refractivity contribution >= 4 is 0 Å². The van der Waals surface area contributed by atoms with Crippen LogP contribution in [0.3, 0.4) is 0 Å². The van der Waals surface area contributed by atoms with Gasteiger partial charge in [0.1, 0.15) is 5.82 Å². The fourth-order valence-corrected chi connectivity index (χ4v) is 1.19. The quantitative estimate of drug-likeness (QED) is 0.702. The first-order valence-electron chi connectivity index (χ1n) is 4.26. The number of aromatic nitrogens is 1. The first-order valence-corrected chi connectivity index (χ1v) is 4.26. The Balaban J connectivity index is 2.39. The van der Waals surface area contributed by atoms with E-state index in [4.69, 9.17) is 0 Å². The van der Waals surface area contributed by atoms with E-state index in [0.29, 0.717) is 0 Å². The maximum atomic E-state index is 12.8. The molecule has 6 heteroatoms. The van der Waals surface area contributed by atoms with E-state index in [1.807, 2.05) is 0 Å². The van der Waals surface area contributed by atoms with Crippen LogP contribution < -0.4 is 0 Å². The summed E-state index contributed by atoms with van der Waals surface area (Å²) in [6.45, 7) is 0. The maximum absolute atomic E-state index is 12.8. The third-order valence-electron chi connectivity index (χ3n) is 1.91. The summed E-state index contributed by atoms with van der Waals surface area (Å²) < 4.78 is 53.9. The average molecular weight is 231 g/mol. The van der Waals surface area contributed by atoms with Crippen LogP contribution in [0, 0.1) is 5.82 Å². The second-order valence-electron chi connectivity index (χ2n) is 3.08. The first kappa shape index (κ1) is 10.7. The Labute approximate surface area is 87.5 Å². The van der Waals surface area contributed by atoms with Gasteiger partial charge < -0.3 is 4.52 Å². The number of hydrogen-bond donors (Lipinski definition) is 0. The molecule has 0 radical (unpaired) electrons. The van der Waals surface area contributed by atoms with Gasteiger partial charge in [0.2, 0.25) is 0 Å². The second-order valence-corrected chi connectivity index (χ2v) is 3.08. The number of hydrogen-bond acceptors (Lipinski definition) is 2. The van der Waals surface area contributed by atoms with Gasteiger partial charge in [0, 0.05) is 11.6 Å². The largest absolute Gasteiger partial charge is 0.436 e. The number of nitrogens with zero attached hydrogens (tertiary/aromatic N) is 1. The van der Waals surface area contributed by atoms with Crippen molar-refractivity contribution in [3.63, 3.8) is 0 Å². The average Bonchev–Trinajstić information content (AvgIpc) is 2.65. The van der Waals surface area contributed by atoms with E-state index in [1.54, 1.807) is 0 Å². The smallest absolute Gasteiger partial charge is 0.356 e. The summed E-state index contributed by atoms with van der Waals surface area (Å²) in [5.74, 6) is -0.672. The van der Waals surface area contributed by atoms with E-state index in [2.05, 4.69) is 9.68 Å². The van der Waals surface area contributed by atoms with Gasteiger partial charge in [0.25, 0.3) is 0 Å². The van der Waals surface area contributed by atoms with Crippen LogP contribution in [-0.2, 0) is 6.18 Å². The van der Waals surface area contributed by atoms with Gasteiger partial charge in [-0.1, -0.05) is 17.3 Å². The molecule has 0 N–H and O–H groups in total. The zero-order valence-electron chi connectivity index (χ0n) is 7.75. The predicted octanol–water partition coefficient (Wildman–Crippen LogP) is 3.50. The van der Waals surface area contributed by atoms with E-state index >= 15 is 0 Å². The van der Waals surface area contributed by atoms with Crippen molar-refractivity contribution < 1.29 is 22.1 Å². The number of rotatable bonds is 1. The highest BCUT2D eigenvalue weighted by atomic mass is 19.4. The third-order valence-corrected chi connectivity index (χ3v) is 1.91. The molecule has 0 saturated heterocycles. The molecule has 0 saturated carbocycles. The lowest BCUT2D eigenvalue weighted by Crippen LogP contribution is -2.04. The predicted molar refractivity (Wildman–Crippen MR) is 46.9 cm³/mol. The third kappa shape index (κ3) is 2.05. The Hall–Kier alpha value is -1.85. The molecule has 0 amide bonds. The minimum absolute atomic E-state index is 0.119. The van der Waals surface area contributed by atoms with Gasteiger partial charge in [0.05, 0.1) is 0 Å². The Bertz CT molecular complexity index is 504. The van der Waals surface area contributed by atoms with Crippen LogP contribution in [0.4, 0.5) is 17.6 Å². The Morgan fingerprint density at radius 3 is 2.44 bits per heavy atom. The second kappa shape index (κ2) is 3.62. The van der Waals surface area contributed by atoms with Crippen molar-refractivity contribution in [3.05, 3.63) is 41.8 Å². The molecule has 0 fully saturated rings. The van der Waals surface area contributed by atoms with E-state index in [0.717, 1.165) is 12.1 Å². The summed E-state index contributed by atoms with van der Waals surface area (Å²) in [6, 6.07) is 5.80. The molecular formula is C10H5F4NO. The molecule has 2 rings (SSSR count). The van der Waals surface area contributed by atoms with Crippen molar-refractivity contribution in [2.75, 3.05) is 0 Å². The maximum Gasteiger partial charge on any atom is 0.436 e. The zero-order valence-corrected chi connectivity index (χ0v) is 7.75. The van der Waals surface area contributed by atoms with Crippen LogP contribution in [0.25, 0.3) is 11.3 Å². The fourth-order valence-electron chi connectivity index (χ4n) is 1.19. The van der Waals surface area contributed by atoms with Gasteiger partial charge in [-0.2, -0.15) is 13.2 Å². The molecule has 2 nitrogen and oxygen atoms in total. The summed E-state index contributed by atoms with van der Waals surface area (Å²) in [4.78, 5) is 0. The highest BCUT2D eigenvalue weighted by Gasteiger charge is 2.35. The Morgan fingerprint density at radius 1 is 1.12 bits per heavy atom. The van der Waals surface area contributed by atoms with Crippen molar-refractivity contribution in [1.82, 2.24) is 5.16 Å². The molecule has 0 bridgehead atoms. The molecule has 16 heavy (non-hydrogen) atoms. The molecule has 0 aliphatic heterocycles. The topological polar surface area (TPSA) is 26.0 Å². The van der Waals surface area contributed by atoms with Gasteiger partial charge in [-0.25, -0.2) is 4.39 Å². The minimum Gasteiger partial charge on any atom is -0.356 e. The SMILES string of the molecule is Fc1cccc(-c2cc(C(F)(F)F)no2)c1. The van der Waals surface area contributed by atoms with Crippen LogP contribution in [0.5, 0.6) is 0 Å². The molecule has 0 aliphatic rings. The summed E-state index contributed by atoms with van der Waals surface area (Å²) in [5, 5.41) is 2.87. The standard InChI is InChI=1S/C10H5F4NO/c11-7-3-1-2-6(4-7)8-5-9(15-16-8)10(12,13)14/h1-5H. The fraction of sp³-hybridized carbons (Fsp3) is 0.100. The van der Waals surface area contributed by atoms with Crippen molar-refractivity contribution in [3.8, 4) is 11.3 Å². The summed E-state index contributed by atoms with van der Waals surface area (Å²) >= 11 is 0. The van der Waals surface area contributed by atoms with Gasteiger partial charge in [0.15, 0.2) is 11.5 Å². The van der Waals surface area contributed by atoms with Crippen molar-refractivity contribution in [2.24, 2.45) is 0 Å². The lowest BCUT2D eigenvalue weighted by Gasteiger charge is -1.97. The van der Waals surface area contributed by atoms with E-state index < -0.39 is 17.7 Å². The normalized spacial score (nSPS) is 11.8. The highest BCUT2D eigenvalue weighted by Crippen LogP contribution is 2.31. The van der Waals surface area contributed by atoms with E-state index in [-0.39, 0.29) is 11.3 Å². The van der Waals surface area contributed by atoms with Gasteiger partial charge in [-0.05, 0) is 12.1 Å². The summed E-state index contributed by atoms with van der Waals surface area (Å²) in [5.41, 5.74) is -0.922. The Kier molecular flexibility index (Phi) is 2.41. The highest BCUT2D eigenvalue weighted by molar-refractivity contribution is 5.57. The minimum atomic E-state index is -4.56. The number of benzene rings is 1. The van der Waals surface area contributed by atoms with Crippen LogP contribution >= 0.6 is 0 Å². The monoisotopic (exact) mass is 231 g/mol. The first-order chi connectivity index (χ1) is 7.47. The Morgan fingerprint density at radius 2 is 1.88 bits per heavy atom. The summed E-state index contributed by atoms with van der Waals surface area (Å²) in [6.07, 6.45) is -4.56. The van der Waals surface area contributed by atoms with Gasteiger partial charge >= 0.3 is 6.18 Å². The van der Waals surface area contributed by atoms with Crippen LogP contribution in [-0.4, -0.2) is 5.16 Å². The zero-order chi connectivity index (χ0) is 11.8. The molecule has 84 valence electrons. The van der Waals surface area contributed by atoms with Crippen molar-refractivity contribution in [1.29, 1.82) is 0 Å². The molecule has 0 spiro atoms. The van der Waals surface area contributed by atoms with Crippen molar-refractivity contribution in [2.45, 2.75) is 6.18 Å². The molecule has 1 aromatic carbocycles. The number of halogens is 4. The molecule has 2 aromatic rings. The lowest BCUT2D eigenvalue weighted by molar-refractivity contribution is -0.142. The molecule has 0 atom stereocenters. The van der Waals surface area contributed by atoms with Gasteiger partial charge in [-0.15, -0.1) is 0 Å². The molecule has 0 unspecified atom stereocenters. The van der Waals surface area contributed by atoms with Crippen LogP contribution in [0.15, 0.2) is 34.9 Å². The van der Waals surface area contributed by atoms with Crippen LogP contribution in [0.1, 0.15) is 5.69 Å². The summed E-state index contributed by atoms with van der Waals surface area (Å²) in [7, 11) is 0. The molecule has 1 aromatic heterocycles. The molecule has 1 heterocycles.